The minimum Gasteiger partial charge on any atom is -0.457 e. The number of piperidine rings is 1. The van der Waals surface area contributed by atoms with Crippen molar-refractivity contribution in [2.24, 2.45) is 0 Å². The maximum Gasteiger partial charge on any atom is 0.262 e. The van der Waals surface area contributed by atoms with Gasteiger partial charge in [-0.1, -0.05) is 42.5 Å². The van der Waals surface area contributed by atoms with Crippen LogP contribution >= 0.6 is 0 Å². The third-order valence-corrected chi connectivity index (χ3v) is 13.8. The average molecular weight is 956 g/mol. The third-order valence-electron chi connectivity index (χ3n) is 13.8. The first-order chi connectivity index (χ1) is 34.2. The molecule has 2 aromatic heterocycles. The summed E-state index contributed by atoms with van der Waals surface area (Å²) in [5, 5.41) is 5.91. The Morgan fingerprint density at radius 1 is 0.729 bits per heavy atom. The van der Waals surface area contributed by atoms with Crippen LogP contribution in [0.3, 0.4) is 0 Å². The molecule has 1 aliphatic carbocycles. The molecule has 1 saturated carbocycles. The molecule has 368 valence electrons. The van der Waals surface area contributed by atoms with Crippen LogP contribution in [0, 0.1) is 0 Å². The SMILES string of the molecule is Nc1ncnc2c1c(-c1ccc(Oc3ccccc3)cc1)cn2C1CCC(N2CCN(CCOCCOCCOCCNC(=O)CCc3cccc4c3C(=O)N(C3CCC(=O)NC3=O)C4=O)CC2)CC1. The molecule has 4 aliphatic rings. The summed E-state index contributed by atoms with van der Waals surface area (Å²) in [5.74, 6) is -0.408. The van der Waals surface area contributed by atoms with E-state index in [1.807, 2.05) is 42.5 Å². The number of fused-ring (bicyclic) bond motifs is 2. The number of carbonyl (C=O) groups is 5. The number of para-hydroxylation sites is 1. The van der Waals surface area contributed by atoms with Gasteiger partial charge < -0.3 is 34.6 Å². The van der Waals surface area contributed by atoms with E-state index in [2.05, 4.69) is 48.3 Å². The van der Waals surface area contributed by atoms with E-state index in [0.29, 0.717) is 69.7 Å². The molecule has 3 fully saturated rings. The van der Waals surface area contributed by atoms with Crippen LogP contribution in [-0.2, 0) is 35.0 Å². The second-order valence-electron chi connectivity index (χ2n) is 18.2. The lowest BCUT2D eigenvalue weighted by molar-refractivity contribution is -0.136. The van der Waals surface area contributed by atoms with Crippen molar-refractivity contribution in [2.45, 2.75) is 69.5 Å². The van der Waals surface area contributed by atoms with Crippen LogP contribution < -0.4 is 21.1 Å². The number of nitrogen functional groups attached to an aromatic ring is 1. The number of ether oxygens (including phenoxy) is 4. The fraction of sp³-hybridized carbons (Fsp3) is 0.442. The molecule has 3 aromatic carbocycles. The van der Waals surface area contributed by atoms with Gasteiger partial charge in [-0.05, 0) is 80.0 Å². The zero-order valence-electron chi connectivity index (χ0n) is 39.4. The first-order valence-electron chi connectivity index (χ1n) is 24.5. The molecule has 2 saturated heterocycles. The number of aryl methyl sites for hydroxylation is 1. The van der Waals surface area contributed by atoms with E-state index in [4.69, 9.17) is 29.7 Å². The van der Waals surface area contributed by atoms with Crippen molar-refractivity contribution in [3.63, 3.8) is 0 Å². The highest BCUT2D eigenvalue weighted by atomic mass is 16.5. The van der Waals surface area contributed by atoms with Crippen LogP contribution in [0.15, 0.2) is 85.3 Å². The Balaban J connectivity index is 0.605. The van der Waals surface area contributed by atoms with Crippen molar-refractivity contribution in [1.82, 2.24) is 39.9 Å². The summed E-state index contributed by atoms with van der Waals surface area (Å²) in [5.41, 5.74) is 10.4. The van der Waals surface area contributed by atoms with E-state index in [1.165, 1.54) is 6.07 Å². The largest absolute Gasteiger partial charge is 0.457 e. The van der Waals surface area contributed by atoms with Crippen LogP contribution in [0.5, 0.6) is 11.5 Å². The van der Waals surface area contributed by atoms with Gasteiger partial charge in [0.05, 0.1) is 56.2 Å². The maximum absolute atomic E-state index is 13.3. The third kappa shape index (κ3) is 11.4. The quantitative estimate of drug-likeness (QED) is 0.0668. The van der Waals surface area contributed by atoms with E-state index in [1.54, 1.807) is 18.5 Å². The number of nitrogens with zero attached hydrogens (tertiary/aromatic N) is 6. The molecule has 70 heavy (non-hydrogen) atoms. The maximum atomic E-state index is 13.3. The smallest absolute Gasteiger partial charge is 0.262 e. The van der Waals surface area contributed by atoms with Crippen molar-refractivity contribution in [3.8, 4) is 22.6 Å². The summed E-state index contributed by atoms with van der Waals surface area (Å²) >= 11 is 0. The molecule has 18 nitrogen and oxygen atoms in total. The number of benzene rings is 3. The fourth-order valence-corrected chi connectivity index (χ4v) is 10.1. The Morgan fingerprint density at radius 2 is 1.43 bits per heavy atom. The summed E-state index contributed by atoms with van der Waals surface area (Å²) in [6.45, 7) is 8.11. The molecule has 9 rings (SSSR count). The molecule has 1 atom stereocenters. The topological polar surface area (TPSA) is 213 Å². The van der Waals surface area contributed by atoms with E-state index >= 15 is 0 Å². The molecule has 18 heteroatoms. The van der Waals surface area contributed by atoms with Crippen molar-refractivity contribution >= 4 is 46.4 Å². The minimum absolute atomic E-state index is 0.0453. The lowest BCUT2D eigenvalue weighted by atomic mass is 9.89. The Kier molecular flexibility index (Phi) is 15.9. The van der Waals surface area contributed by atoms with E-state index in [0.717, 1.165) is 97.0 Å². The number of rotatable bonds is 21. The molecule has 5 amide bonds. The van der Waals surface area contributed by atoms with Gasteiger partial charge in [-0.25, -0.2) is 9.97 Å². The standard InChI is InChI=1S/C52H61N9O9/c53-48-47-42(35-9-16-40(17-10-35)70-39-6-2-1-3-7-39)33-60(49(47)56-34-55-48)38-14-12-37(13-15-38)59-24-22-58(23-25-59)26-28-68-30-32-69-31-29-67-27-21-54-44(62)19-11-36-5-4-8-41-46(36)52(66)61(51(41)65)43-18-20-45(63)57-50(43)64/h1-10,16-17,33-34,37-38,43H,11-15,18-32H2,(H,54,62)(H2,53,55,56)(H,57,63,64). The van der Waals surface area contributed by atoms with Crippen LogP contribution in [0.25, 0.3) is 22.2 Å². The lowest BCUT2D eigenvalue weighted by Crippen LogP contribution is -2.54. The zero-order chi connectivity index (χ0) is 48.4. The fourth-order valence-electron chi connectivity index (χ4n) is 10.1. The first-order valence-corrected chi connectivity index (χ1v) is 24.5. The normalized spacial score (nSPS) is 19.9. The Labute approximate surface area is 406 Å². The molecule has 0 bridgehead atoms. The number of carbonyl (C=O) groups excluding carboxylic acids is 5. The summed E-state index contributed by atoms with van der Waals surface area (Å²) in [6.07, 6.45) is 8.69. The van der Waals surface area contributed by atoms with Gasteiger partial charge in [0.1, 0.15) is 35.3 Å². The van der Waals surface area contributed by atoms with Gasteiger partial charge in [-0.15, -0.1) is 0 Å². The molecule has 0 spiro atoms. The highest BCUT2D eigenvalue weighted by Crippen LogP contribution is 2.40. The van der Waals surface area contributed by atoms with Gasteiger partial charge in [0, 0.05) is 76.0 Å². The second kappa shape index (κ2) is 22.9. The zero-order valence-corrected chi connectivity index (χ0v) is 39.4. The number of imide groups is 2. The number of nitrogens with two attached hydrogens (primary N) is 1. The van der Waals surface area contributed by atoms with Crippen molar-refractivity contribution in [1.29, 1.82) is 0 Å². The Morgan fingerprint density at radius 3 is 2.17 bits per heavy atom. The summed E-state index contributed by atoms with van der Waals surface area (Å²) in [4.78, 5) is 78.1. The number of amides is 5. The molecular weight excluding hydrogens is 895 g/mol. The number of nitrogens with one attached hydrogen (secondary N) is 2. The van der Waals surface area contributed by atoms with E-state index in [-0.39, 0.29) is 42.7 Å². The monoisotopic (exact) mass is 955 g/mol. The van der Waals surface area contributed by atoms with E-state index < -0.39 is 29.7 Å². The highest BCUT2D eigenvalue weighted by Gasteiger charge is 2.45. The van der Waals surface area contributed by atoms with Gasteiger partial charge in [-0.3, -0.25) is 44.0 Å². The molecule has 3 aliphatic heterocycles. The van der Waals surface area contributed by atoms with Gasteiger partial charge in [0.2, 0.25) is 17.7 Å². The van der Waals surface area contributed by atoms with Crippen LogP contribution in [0.2, 0.25) is 0 Å². The molecule has 0 radical (unpaired) electrons. The number of aromatic nitrogens is 3. The molecule has 5 heterocycles. The van der Waals surface area contributed by atoms with Gasteiger partial charge >= 0.3 is 0 Å². The Bertz CT molecular complexity index is 2640. The number of hydrogen-bond donors (Lipinski definition) is 3. The van der Waals surface area contributed by atoms with Gasteiger partial charge in [0.15, 0.2) is 0 Å². The molecule has 1 unspecified atom stereocenters. The van der Waals surface area contributed by atoms with Crippen LogP contribution in [-0.4, -0.2) is 150 Å². The van der Waals surface area contributed by atoms with Gasteiger partial charge in [0.25, 0.3) is 11.8 Å². The van der Waals surface area contributed by atoms with E-state index in [9.17, 15) is 24.0 Å². The molecule has 5 aromatic rings. The predicted molar refractivity (Wildman–Crippen MR) is 260 cm³/mol. The van der Waals surface area contributed by atoms with Crippen LogP contribution in [0.4, 0.5) is 5.82 Å². The average Bonchev–Trinajstić information content (AvgIpc) is 3.89. The molecule has 4 N–H and O–H groups in total. The number of anilines is 1. The lowest BCUT2D eigenvalue weighted by Gasteiger charge is -2.42. The van der Waals surface area contributed by atoms with Crippen molar-refractivity contribution in [2.75, 3.05) is 84.6 Å². The predicted octanol–water partition coefficient (Wildman–Crippen LogP) is 4.77. The number of hydrogen-bond acceptors (Lipinski definition) is 14. The summed E-state index contributed by atoms with van der Waals surface area (Å²) in [6, 6.07) is 22.7. The summed E-state index contributed by atoms with van der Waals surface area (Å²) in [7, 11) is 0. The van der Waals surface area contributed by atoms with Gasteiger partial charge in [-0.2, -0.15) is 0 Å². The Hall–Kier alpha value is -6.57. The van der Waals surface area contributed by atoms with Crippen LogP contribution in [0.1, 0.15) is 77.3 Å². The van der Waals surface area contributed by atoms with Crippen molar-refractivity contribution < 1.29 is 42.9 Å². The van der Waals surface area contributed by atoms with Crippen molar-refractivity contribution in [3.05, 3.63) is 102 Å². The molecular formula is C52H61N9O9. The number of piperazine rings is 1. The summed E-state index contributed by atoms with van der Waals surface area (Å²) < 4.78 is 25.5. The first kappa shape index (κ1) is 48.5. The minimum atomic E-state index is -1.04. The highest BCUT2D eigenvalue weighted by molar-refractivity contribution is 6.24. The second-order valence-corrected chi connectivity index (χ2v) is 18.2.